The van der Waals surface area contributed by atoms with Crippen molar-refractivity contribution >= 4 is 0 Å². The van der Waals surface area contributed by atoms with Crippen LogP contribution in [0, 0.1) is 0 Å². The van der Waals surface area contributed by atoms with Crippen molar-refractivity contribution in [2.75, 3.05) is 26.2 Å². The lowest BCUT2D eigenvalue weighted by atomic mass is 10.1. The molecule has 3 nitrogen and oxygen atoms in total. The fourth-order valence-corrected chi connectivity index (χ4v) is 1.19. The van der Waals surface area contributed by atoms with Crippen molar-refractivity contribution in [3.8, 4) is 0 Å². The molecule has 0 spiro atoms. The Hall–Kier alpha value is -0.120. The SMILES string of the molecule is CC(C)(C)NN1CC[N]CC1. The Morgan fingerprint density at radius 3 is 2.18 bits per heavy atom. The number of nitrogens with zero attached hydrogens (tertiary/aromatic N) is 2. The maximum absolute atomic E-state index is 4.28. The molecule has 11 heavy (non-hydrogen) atoms. The third kappa shape index (κ3) is 3.70. The van der Waals surface area contributed by atoms with Gasteiger partial charge in [-0.15, -0.1) is 0 Å². The van der Waals surface area contributed by atoms with Crippen molar-refractivity contribution in [3.63, 3.8) is 0 Å². The predicted octanol–water partition coefficient (Wildman–Crippen LogP) is 0.210. The first-order valence-electron chi connectivity index (χ1n) is 4.24. The molecule has 1 rings (SSSR count). The van der Waals surface area contributed by atoms with Gasteiger partial charge in [0.1, 0.15) is 0 Å². The van der Waals surface area contributed by atoms with Gasteiger partial charge in [0, 0.05) is 31.7 Å². The first-order valence-corrected chi connectivity index (χ1v) is 4.24. The zero-order chi connectivity index (χ0) is 8.32. The van der Waals surface area contributed by atoms with Gasteiger partial charge in [-0.05, 0) is 20.8 Å². The second kappa shape index (κ2) is 3.52. The highest BCUT2D eigenvalue weighted by Gasteiger charge is 2.16. The summed E-state index contributed by atoms with van der Waals surface area (Å²) in [6.07, 6.45) is 0. The van der Waals surface area contributed by atoms with Crippen LogP contribution in [-0.4, -0.2) is 36.7 Å². The van der Waals surface area contributed by atoms with Crippen LogP contribution in [0.1, 0.15) is 20.8 Å². The number of hydrogen-bond donors (Lipinski definition) is 1. The van der Waals surface area contributed by atoms with Crippen LogP contribution in [0.2, 0.25) is 0 Å². The van der Waals surface area contributed by atoms with Gasteiger partial charge in [-0.1, -0.05) is 0 Å². The molecule has 3 heteroatoms. The summed E-state index contributed by atoms with van der Waals surface area (Å²) in [4.78, 5) is 0. The van der Waals surface area contributed by atoms with E-state index >= 15 is 0 Å². The van der Waals surface area contributed by atoms with Crippen molar-refractivity contribution in [2.45, 2.75) is 26.3 Å². The molecule has 1 aliphatic heterocycles. The molecule has 1 N–H and O–H groups in total. The van der Waals surface area contributed by atoms with Crippen LogP contribution in [0.15, 0.2) is 0 Å². The van der Waals surface area contributed by atoms with E-state index in [4.69, 9.17) is 0 Å². The second-order valence-corrected chi connectivity index (χ2v) is 4.02. The molecular weight excluding hydrogens is 138 g/mol. The summed E-state index contributed by atoms with van der Waals surface area (Å²) in [6, 6.07) is 0. The van der Waals surface area contributed by atoms with E-state index in [2.05, 4.69) is 36.5 Å². The maximum Gasteiger partial charge on any atom is 0.0275 e. The van der Waals surface area contributed by atoms with Gasteiger partial charge in [0.05, 0.1) is 0 Å². The Morgan fingerprint density at radius 1 is 1.18 bits per heavy atom. The average Bonchev–Trinajstić information content (AvgIpc) is 1.85. The topological polar surface area (TPSA) is 29.4 Å². The Morgan fingerprint density at radius 2 is 1.73 bits per heavy atom. The van der Waals surface area contributed by atoms with Crippen LogP contribution < -0.4 is 10.7 Å². The average molecular weight is 156 g/mol. The number of piperazine rings is 1. The normalized spacial score (nSPS) is 22.1. The molecule has 65 valence electrons. The zero-order valence-corrected chi connectivity index (χ0v) is 7.72. The summed E-state index contributed by atoms with van der Waals surface area (Å²) in [6.45, 7) is 10.6. The Kier molecular flexibility index (Phi) is 2.87. The zero-order valence-electron chi connectivity index (χ0n) is 7.72. The molecule has 0 unspecified atom stereocenters. The number of rotatable bonds is 1. The lowest BCUT2D eigenvalue weighted by Crippen LogP contribution is -2.54. The molecule has 1 fully saturated rings. The number of hydrazine groups is 1. The van der Waals surface area contributed by atoms with Crippen molar-refractivity contribution in [1.82, 2.24) is 15.8 Å². The van der Waals surface area contributed by atoms with E-state index in [-0.39, 0.29) is 5.54 Å². The van der Waals surface area contributed by atoms with Crippen LogP contribution >= 0.6 is 0 Å². The van der Waals surface area contributed by atoms with E-state index in [1.807, 2.05) is 0 Å². The van der Waals surface area contributed by atoms with Crippen LogP contribution in [0.5, 0.6) is 0 Å². The first-order chi connectivity index (χ1) is 5.08. The van der Waals surface area contributed by atoms with Crippen molar-refractivity contribution < 1.29 is 0 Å². The summed E-state index contributed by atoms with van der Waals surface area (Å²) >= 11 is 0. The third-order valence-corrected chi connectivity index (χ3v) is 1.55. The minimum absolute atomic E-state index is 0.192. The summed E-state index contributed by atoms with van der Waals surface area (Å²) in [5, 5.41) is 6.53. The van der Waals surface area contributed by atoms with Gasteiger partial charge in [0.2, 0.25) is 0 Å². The number of nitrogens with one attached hydrogen (secondary N) is 1. The van der Waals surface area contributed by atoms with E-state index in [0.717, 1.165) is 26.2 Å². The molecule has 1 saturated heterocycles. The van der Waals surface area contributed by atoms with Crippen molar-refractivity contribution in [2.24, 2.45) is 0 Å². The van der Waals surface area contributed by atoms with Gasteiger partial charge in [0.15, 0.2) is 0 Å². The Balaban J connectivity index is 2.24. The van der Waals surface area contributed by atoms with Gasteiger partial charge in [-0.25, -0.2) is 15.8 Å². The molecule has 0 atom stereocenters. The first kappa shape index (κ1) is 8.97. The lowest BCUT2D eigenvalue weighted by Gasteiger charge is -2.33. The van der Waals surface area contributed by atoms with Gasteiger partial charge in [0.25, 0.3) is 0 Å². The Labute approximate surface area is 69.1 Å². The molecule has 0 aromatic heterocycles. The highest BCUT2D eigenvalue weighted by atomic mass is 15.5. The monoisotopic (exact) mass is 156 g/mol. The number of hydrogen-bond acceptors (Lipinski definition) is 2. The van der Waals surface area contributed by atoms with E-state index in [1.165, 1.54) is 0 Å². The molecule has 0 aromatic rings. The quantitative estimate of drug-likeness (QED) is 0.588. The van der Waals surface area contributed by atoms with E-state index < -0.39 is 0 Å². The second-order valence-electron chi connectivity index (χ2n) is 4.02. The molecule has 0 bridgehead atoms. The van der Waals surface area contributed by atoms with Gasteiger partial charge in [-0.3, -0.25) is 0 Å². The van der Waals surface area contributed by atoms with Crippen LogP contribution in [-0.2, 0) is 0 Å². The molecule has 0 saturated carbocycles. The van der Waals surface area contributed by atoms with Gasteiger partial charge >= 0.3 is 0 Å². The van der Waals surface area contributed by atoms with E-state index in [0.29, 0.717) is 0 Å². The van der Waals surface area contributed by atoms with E-state index in [1.54, 1.807) is 0 Å². The van der Waals surface area contributed by atoms with Crippen LogP contribution in [0.25, 0.3) is 0 Å². The van der Waals surface area contributed by atoms with Crippen molar-refractivity contribution in [3.05, 3.63) is 0 Å². The lowest BCUT2D eigenvalue weighted by molar-refractivity contribution is 0.110. The minimum atomic E-state index is 0.192. The molecule has 0 aliphatic carbocycles. The molecule has 1 heterocycles. The maximum atomic E-state index is 4.28. The summed E-state index contributed by atoms with van der Waals surface area (Å²) < 4.78 is 0. The highest BCUT2D eigenvalue weighted by Crippen LogP contribution is 2.01. The summed E-state index contributed by atoms with van der Waals surface area (Å²) in [5.74, 6) is 0. The van der Waals surface area contributed by atoms with Crippen LogP contribution in [0.4, 0.5) is 0 Å². The van der Waals surface area contributed by atoms with Crippen molar-refractivity contribution in [1.29, 1.82) is 0 Å². The molecule has 1 radical (unpaired) electrons. The molecule has 0 amide bonds. The smallest absolute Gasteiger partial charge is 0.0275 e. The summed E-state index contributed by atoms with van der Waals surface area (Å²) in [7, 11) is 0. The largest absolute Gasteiger partial charge is 0.250 e. The predicted molar refractivity (Wildman–Crippen MR) is 46.3 cm³/mol. The Bertz CT molecular complexity index is 111. The molecule has 0 aromatic carbocycles. The van der Waals surface area contributed by atoms with E-state index in [9.17, 15) is 0 Å². The van der Waals surface area contributed by atoms with Crippen LogP contribution in [0.3, 0.4) is 0 Å². The molecular formula is C8H18N3. The highest BCUT2D eigenvalue weighted by molar-refractivity contribution is 4.72. The minimum Gasteiger partial charge on any atom is -0.250 e. The fourth-order valence-electron chi connectivity index (χ4n) is 1.19. The fraction of sp³-hybridized carbons (Fsp3) is 1.00. The summed E-state index contributed by atoms with van der Waals surface area (Å²) in [5.41, 5.74) is 3.62. The molecule has 1 aliphatic rings. The van der Waals surface area contributed by atoms with Gasteiger partial charge < -0.3 is 0 Å². The van der Waals surface area contributed by atoms with Gasteiger partial charge in [-0.2, -0.15) is 0 Å². The standard InChI is InChI=1S/C8H18N3/c1-8(2,3)10-11-6-4-9-5-7-11/h10H,4-7H2,1-3H3. The third-order valence-electron chi connectivity index (χ3n) is 1.55.